The molecule has 0 saturated carbocycles. The van der Waals surface area contributed by atoms with Gasteiger partial charge in [-0.2, -0.15) is 0 Å². The van der Waals surface area contributed by atoms with Crippen LogP contribution < -0.4 is 0 Å². The number of H-pyrrole nitrogens is 1. The molecule has 7 heteroatoms. The number of aliphatic carboxylic acids is 1. The average Bonchev–Trinajstić information content (AvgIpc) is 2.83. The minimum Gasteiger partial charge on any atom is -0.480 e. The van der Waals surface area contributed by atoms with Crippen LogP contribution in [0, 0.1) is 5.82 Å². The Morgan fingerprint density at radius 2 is 2.14 bits per heavy atom. The predicted molar refractivity (Wildman–Crippen MR) is 79.6 cm³/mol. The van der Waals surface area contributed by atoms with Gasteiger partial charge in [0.1, 0.15) is 17.6 Å². The molecule has 116 valence electrons. The Morgan fingerprint density at radius 3 is 2.86 bits per heavy atom. The Bertz CT molecular complexity index is 759. The van der Waals surface area contributed by atoms with Gasteiger partial charge in [-0.3, -0.25) is 4.79 Å². The Balaban J connectivity index is 2.01. The number of hydrogen-bond donors (Lipinski definition) is 2. The van der Waals surface area contributed by atoms with E-state index in [0.717, 1.165) is 12.8 Å². The largest absolute Gasteiger partial charge is 0.480 e. The molecule has 1 aliphatic rings. The van der Waals surface area contributed by atoms with E-state index >= 15 is 0 Å². The molecule has 1 saturated heterocycles. The maximum atomic E-state index is 13.3. The first kappa shape index (κ1) is 14.8. The van der Waals surface area contributed by atoms with Crippen LogP contribution in [0.4, 0.5) is 4.39 Å². The molecule has 0 unspecified atom stereocenters. The van der Waals surface area contributed by atoms with Crippen LogP contribution in [0.25, 0.3) is 10.9 Å². The summed E-state index contributed by atoms with van der Waals surface area (Å²) in [5.41, 5.74) is 0.647. The number of piperidine rings is 1. The van der Waals surface area contributed by atoms with E-state index in [2.05, 4.69) is 4.98 Å². The van der Waals surface area contributed by atoms with E-state index in [1.165, 1.54) is 23.1 Å². The summed E-state index contributed by atoms with van der Waals surface area (Å²) in [6.07, 6.45) is 1.95. The van der Waals surface area contributed by atoms with Gasteiger partial charge in [-0.15, -0.1) is 0 Å². The quantitative estimate of drug-likeness (QED) is 0.891. The van der Waals surface area contributed by atoms with Gasteiger partial charge >= 0.3 is 5.97 Å². The van der Waals surface area contributed by atoms with Crippen LogP contribution in [-0.4, -0.2) is 39.5 Å². The third-order valence-corrected chi connectivity index (χ3v) is 4.35. The maximum absolute atomic E-state index is 13.3. The molecule has 1 aromatic carbocycles. The van der Waals surface area contributed by atoms with Crippen LogP contribution in [0.5, 0.6) is 0 Å². The van der Waals surface area contributed by atoms with E-state index in [1.54, 1.807) is 0 Å². The van der Waals surface area contributed by atoms with Gasteiger partial charge in [-0.05, 0) is 37.5 Å². The van der Waals surface area contributed by atoms with E-state index in [-0.39, 0.29) is 10.7 Å². The van der Waals surface area contributed by atoms with Crippen molar-refractivity contribution in [3.05, 3.63) is 34.7 Å². The lowest BCUT2D eigenvalue weighted by molar-refractivity contribution is -0.143. The van der Waals surface area contributed by atoms with Crippen LogP contribution in [0.15, 0.2) is 18.2 Å². The summed E-state index contributed by atoms with van der Waals surface area (Å²) >= 11 is 6.18. The molecule has 3 rings (SSSR count). The smallest absolute Gasteiger partial charge is 0.326 e. The number of carbonyl (C=O) groups is 2. The van der Waals surface area contributed by atoms with E-state index < -0.39 is 23.7 Å². The van der Waals surface area contributed by atoms with Gasteiger partial charge in [0.15, 0.2) is 0 Å². The summed E-state index contributed by atoms with van der Waals surface area (Å²) in [6.45, 7) is 0.371. The Morgan fingerprint density at radius 1 is 1.36 bits per heavy atom. The molecule has 2 heterocycles. The number of amides is 1. The number of carbonyl (C=O) groups excluding carboxylic acids is 1. The number of halogens is 2. The van der Waals surface area contributed by atoms with Crippen molar-refractivity contribution in [3.63, 3.8) is 0 Å². The van der Waals surface area contributed by atoms with E-state index in [4.69, 9.17) is 11.6 Å². The number of aromatic nitrogens is 1. The zero-order valence-corrected chi connectivity index (χ0v) is 12.4. The highest BCUT2D eigenvalue weighted by molar-refractivity contribution is 6.38. The average molecular weight is 325 g/mol. The highest BCUT2D eigenvalue weighted by Gasteiger charge is 2.34. The number of nitrogens with one attached hydrogen (secondary N) is 1. The van der Waals surface area contributed by atoms with Crippen LogP contribution in [-0.2, 0) is 4.79 Å². The topological polar surface area (TPSA) is 73.4 Å². The molecule has 1 amide bonds. The molecule has 1 aromatic heterocycles. The van der Waals surface area contributed by atoms with Crippen molar-refractivity contribution in [1.29, 1.82) is 0 Å². The molecule has 0 radical (unpaired) electrons. The summed E-state index contributed by atoms with van der Waals surface area (Å²) in [6, 6.07) is 3.17. The van der Waals surface area contributed by atoms with Crippen molar-refractivity contribution >= 4 is 34.4 Å². The number of likely N-dealkylation sites (tertiary alicyclic amines) is 1. The van der Waals surface area contributed by atoms with E-state index in [0.29, 0.717) is 23.9 Å². The van der Waals surface area contributed by atoms with Gasteiger partial charge in [0.2, 0.25) is 0 Å². The minimum absolute atomic E-state index is 0.107. The zero-order chi connectivity index (χ0) is 15.9. The Labute approximate surface area is 130 Å². The van der Waals surface area contributed by atoms with Gasteiger partial charge in [-0.1, -0.05) is 11.6 Å². The Hall–Kier alpha value is -2.08. The number of carboxylic acids is 1. The van der Waals surface area contributed by atoms with Crippen LogP contribution in [0.3, 0.4) is 0 Å². The van der Waals surface area contributed by atoms with Crippen molar-refractivity contribution in [2.75, 3.05) is 6.54 Å². The fraction of sp³-hybridized carbons (Fsp3) is 0.333. The molecule has 1 atom stereocenters. The number of rotatable bonds is 2. The van der Waals surface area contributed by atoms with Gasteiger partial charge in [0.25, 0.3) is 5.91 Å². The SMILES string of the molecule is O=C(O)[C@H]1CCCCN1C(=O)c1[nH]c2ccc(F)cc2c1Cl. The summed E-state index contributed by atoms with van der Waals surface area (Å²) in [5.74, 6) is -1.94. The molecule has 1 fully saturated rings. The second-order valence-corrected chi connectivity index (χ2v) is 5.73. The molecular weight excluding hydrogens is 311 g/mol. The fourth-order valence-electron chi connectivity index (χ4n) is 2.85. The summed E-state index contributed by atoms with van der Waals surface area (Å²) in [5, 5.41) is 9.79. The molecule has 22 heavy (non-hydrogen) atoms. The fourth-order valence-corrected chi connectivity index (χ4v) is 3.14. The van der Waals surface area contributed by atoms with Crippen LogP contribution in [0.1, 0.15) is 29.8 Å². The molecule has 0 spiro atoms. The third-order valence-electron chi connectivity index (χ3n) is 3.96. The first-order valence-corrected chi connectivity index (χ1v) is 7.37. The van der Waals surface area contributed by atoms with E-state index in [1.807, 2.05) is 0 Å². The Kier molecular flexibility index (Phi) is 3.78. The summed E-state index contributed by atoms with van der Waals surface area (Å²) < 4.78 is 13.3. The number of nitrogens with zero attached hydrogens (tertiary/aromatic N) is 1. The first-order chi connectivity index (χ1) is 10.5. The lowest BCUT2D eigenvalue weighted by Gasteiger charge is -2.32. The number of hydrogen-bond acceptors (Lipinski definition) is 2. The maximum Gasteiger partial charge on any atom is 0.326 e. The van der Waals surface area contributed by atoms with Crippen molar-refractivity contribution in [2.45, 2.75) is 25.3 Å². The van der Waals surface area contributed by atoms with Gasteiger partial charge in [0.05, 0.1) is 5.02 Å². The molecule has 5 nitrogen and oxygen atoms in total. The van der Waals surface area contributed by atoms with Crippen LogP contribution >= 0.6 is 11.6 Å². The lowest BCUT2D eigenvalue weighted by Crippen LogP contribution is -2.48. The molecule has 2 N–H and O–H groups in total. The second-order valence-electron chi connectivity index (χ2n) is 5.35. The van der Waals surface area contributed by atoms with Gasteiger partial charge in [-0.25, -0.2) is 9.18 Å². The molecule has 0 aliphatic carbocycles. The first-order valence-electron chi connectivity index (χ1n) is 6.99. The normalized spacial score (nSPS) is 18.6. The van der Waals surface area contributed by atoms with E-state index in [9.17, 15) is 19.1 Å². The molecule has 1 aliphatic heterocycles. The molecule has 0 bridgehead atoms. The molecular formula is C15H14ClFN2O3. The van der Waals surface area contributed by atoms with Crippen molar-refractivity contribution < 1.29 is 19.1 Å². The minimum atomic E-state index is -1.02. The van der Waals surface area contributed by atoms with Gasteiger partial charge < -0.3 is 15.0 Å². The second kappa shape index (κ2) is 5.61. The summed E-state index contributed by atoms with van der Waals surface area (Å²) in [4.78, 5) is 28.1. The summed E-state index contributed by atoms with van der Waals surface area (Å²) in [7, 11) is 0. The number of benzene rings is 1. The van der Waals surface area contributed by atoms with Crippen molar-refractivity contribution in [3.8, 4) is 0 Å². The van der Waals surface area contributed by atoms with Crippen molar-refractivity contribution in [2.24, 2.45) is 0 Å². The monoisotopic (exact) mass is 324 g/mol. The highest BCUT2D eigenvalue weighted by Crippen LogP contribution is 2.30. The lowest BCUT2D eigenvalue weighted by atomic mass is 10.0. The zero-order valence-electron chi connectivity index (χ0n) is 11.6. The number of fused-ring (bicyclic) bond motifs is 1. The number of aromatic amines is 1. The van der Waals surface area contributed by atoms with Crippen LogP contribution in [0.2, 0.25) is 5.02 Å². The number of carboxylic acid groups (broad SMARTS) is 1. The van der Waals surface area contributed by atoms with Gasteiger partial charge in [0, 0.05) is 17.4 Å². The standard InChI is InChI=1S/C15H14ClFN2O3/c16-12-9-7-8(17)4-5-10(9)18-13(12)14(20)19-6-2-1-3-11(19)15(21)22/h4-5,7,11,18H,1-3,6H2,(H,21,22)/t11-/m1/s1. The molecule has 2 aromatic rings. The highest BCUT2D eigenvalue weighted by atomic mass is 35.5. The van der Waals surface area contributed by atoms with Crippen molar-refractivity contribution in [1.82, 2.24) is 9.88 Å². The predicted octanol–water partition coefficient (Wildman–Crippen LogP) is 3.04. The third kappa shape index (κ3) is 2.43.